The molecule has 3 heterocycles. The van der Waals surface area contributed by atoms with E-state index in [0.29, 0.717) is 54.9 Å². The van der Waals surface area contributed by atoms with Crippen LogP contribution >= 0.6 is 23.2 Å². The SMILES string of the molecule is Cc1cc(C)cc(C(=O)N2CCN(C(=O)CCN3C[C@H]4C[C@H]3CN4C(=O)C(Cc3ccccc3)NS(C)(=O)=O)[C@H](c3ccc(Cl)c(Cl)c3)C2)c1. The fraction of sp³-hybridized carbons (Fsp3) is 0.432. The summed E-state index contributed by atoms with van der Waals surface area (Å²) in [5.41, 5.74) is 4.35. The Labute approximate surface area is 304 Å². The number of nitrogens with one attached hydrogen (secondary N) is 1. The van der Waals surface area contributed by atoms with Crippen LogP contribution in [-0.2, 0) is 26.0 Å². The van der Waals surface area contributed by atoms with Crippen molar-refractivity contribution in [3.8, 4) is 0 Å². The second-order valence-corrected chi connectivity index (χ2v) is 16.4. The van der Waals surface area contributed by atoms with Gasteiger partial charge in [-0.2, -0.15) is 0 Å². The van der Waals surface area contributed by atoms with Crippen molar-refractivity contribution in [2.24, 2.45) is 0 Å². The van der Waals surface area contributed by atoms with Crippen molar-refractivity contribution in [3.05, 3.63) is 105 Å². The number of aryl methyl sites for hydroxylation is 2. The number of hydrogen-bond acceptors (Lipinski definition) is 6. The van der Waals surface area contributed by atoms with Gasteiger partial charge in [0, 0.05) is 63.3 Å². The zero-order chi connectivity index (χ0) is 35.7. The Morgan fingerprint density at radius 1 is 0.860 bits per heavy atom. The number of likely N-dealkylation sites (tertiary alicyclic amines) is 2. The molecule has 0 spiro atoms. The van der Waals surface area contributed by atoms with E-state index in [0.717, 1.165) is 34.9 Å². The lowest BCUT2D eigenvalue weighted by molar-refractivity contribution is -0.138. The molecule has 3 fully saturated rings. The Kier molecular flexibility index (Phi) is 10.9. The minimum atomic E-state index is -3.61. The summed E-state index contributed by atoms with van der Waals surface area (Å²) in [5.74, 6) is -0.310. The van der Waals surface area contributed by atoms with Crippen molar-refractivity contribution in [1.29, 1.82) is 0 Å². The fourth-order valence-electron chi connectivity index (χ4n) is 7.72. The molecule has 0 aromatic heterocycles. The number of carbonyl (C=O) groups excluding carboxylic acids is 3. The third kappa shape index (κ3) is 8.35. The van der Waals surface area contributed by atoms with E-state index in [1.54, 1.807) is 21.9 Å². The highest BCUT2D eigenvalue weighted by atomic mass is 35.5. The molecule has 266 valence electrons. The van der Waals surface area contributed by atoms with Crippen LogP contribution in [0, 0.1) is 13.8 Å². The maximum absolute atomic E-state index is 13.9. The van der Waals surface area contributed by atoms with Gasteiger partial charge >= 0.3 is 0 Å². The van der Waals surface area contributed by atoms with Gasteiger partial charge in [-0.25, -0.2) is 13.1 Å². The molecule has 0 radical (unpaired) electrons. The molecular formula is C37H43Cl2N5O5S. The zero-order valence-electron chi connectivity index (χ0n) is 28.5. The number of hydrogen-bond donors (Lipinski definition) is 1. The van der Waals surface area contributed by atoms with E-state index in [9.17, 15) is 22.8 Å². The van der Waals surface area contributed by atoms with Gasteiger partial charge in [0.2, 0.25) is 21.8 Å². The number of carbonyl (C=O) groups is 3. The van der Waals surface area contributed by atoms with Crippen LogP contribution in [0.1, 0.15) is 51.5 Å². The Morgan fingerprint density at radius 3 is 2.22 bits per heavy atom. The minimum Gasteiger partial charge on any atom is -0.335 e. The van der Waals surface area contributed by atoms with Gasteiger partial charge in [0.15, 0.2) is 0 Å². The number of benzene rings is 3. The summed E-state index contributed by atoms with van der Waals surface area (Å²) in [6.07, 6.45) is 2.40. The maximum Gasteiger partial charge on any atom is 0.254 e. The van der Waals surface area contributed by atoms with Gasteiger partial charge in [0.25, 0.3) is 5.91 Å². The highest BCUT2D eigenvalue weighted by Gasteiger charge is 2.47. The molecule has 1 unspecified atom stereocenters. The van der Waals surface area contributed by atoms with Gasteiger partial charge in [0.1, 0.15) is 6.04 Å². The number of nitrogens with zero attached hydrogens (tertiary/aromatic N) is 4. The van der Waals surface area contributed by atoms with Gasteiger partial charge < -0.3 is 14.7 Å². The lowest BCUT2D eigenvalue weighted by Gasteiger charge is -2.42. The van der Waals surface area contributed by atoms with E-state index in [4.69, 9.17) is 23.2 Å². The van der Waals surface area contributed by atoms with E-state index in [2.05, 4.69) is 9.62 Å². The quantitative estimate of drug-likeness (QED) is 0.329. The van der Waals surface area contributed by atoms with Crippen LogP contribution < -0.4 is 4.72 Å². The van der Waals surface area contributed by atoms with Crippen molar-refractivity contribution in [3.63, 3.8) is 0 Å². The molecule has 3 aliphatic heterocycles. The topological polar surface area (TPSA) is 110 Å². The number of sulfonamides is 1. The monoisotopic (exact) mass is 739 g/mol. The first kappa shape index (κ1) is 36.3. The molecule has 6 rings (SSSR count). The van der Waals surface area contributed by atoms with Crippen LogP contribution in [0.2, 0.25) is 10.0 Å². The molecule has 4 atom stereocenters. The average molecular weight is 741 g/mol. The molecule has 3 aromatic carbocycles. The minimum absolute atomic E-state index is 0.0180. The Bertz CT molecular complexity index is 1860. The van der Waals surface area contributed by atoms with Crippen molar-refractivity contribution < 1.29 is 22.8 Å². The van der Waals surface area contributed by atoms with E-state index in [1.165, 1.54) is 0 Å². The number of piperazine rings is 2. The van der Waals surface area contributed by atoms with Crippen LogP contribution in [0.25, 0.3) is 0 Å². The molecule has 3 saturated heterocycles. The summed E-state index contributed by atoms with van der Waals surface area (Å²) in [6, 6.07) is 19.3. The van der Waals surface area contributed by atoms with Gasteiger partial charge in [-0.15, -0.1) is 0 Å². The largest absolute Gasteiger partial charge is 0.335 e. The molecule has 3 aromatic rings. The van der Waals surface area contributed by atoms with E-state index in [1.807, 2.05) is 73.3 Å². The average Bonchev–Trinajstić information content (AvgIpc) is 3.68. The lowest BCUT2D eigenvalue weighted by atomic mass is 10.00. The van der Waals surface area contributed by atoms with Crippen molar-refractivity contribution in [1.82, 2.24) is 24.3 Å². The normalized spacial score (nSPS) is 21.5. The van der Waals surface area contributed by atoms with Crippen LogP contribution in [-0.4, -0.2) is 109 Å². The predicted octanol–water partition coefficient (Wildman–Crippen LogP) is 4.47. The van der Waals surface area contributed by atoms with E-state index < -0.39 is 22.1 Å². The third-order valence-electron chi connectivity index (χ3n) is 9.97. The predicted molar refractivity (Wildman–Crippen MR) is 195 cm³/mol. The third-order valence-corrected chi connectivity index (χ3v) is 11.4. The zero-order valence-corrected chi connectivity index (χ0v) is 30.8. The van der Waals surface area contributed by atoms with Gasteiger partial charge in [-0.05, 0) is 62.1 Å². The van der Waals surface area contributed by atoms with Gasteiger partial charge in [-0.1, -0.05) is 76.8 Å². The molecule has 10 nitrogen and oxygen atoms in total. The summed E-state index contributed by atoms with van der Waals surface area (Å²) in [7, 11) is -3.61. The van der Waals surface area contributed by atoms with Crippen LogP contribution in [0.15, 0.2) is 66.7 Å². The number of amides is 3. The summed E-state index contributed by atoms with van der Waals surface area (Å²) in [6.45, 7) is 6.70. The van der Waals surface area contributed by atoms with E-state index in [-0.39, 0.29) is 42.6 Å². The molecule has 3 aliphatic rings. The summed E-state index contributed by atoms with van der Waals surface area (Å²) in [4.78, 5) is 48.9. The van der Waals surface area contributed by atoms with Crippen LogP contribution in [0.4, 0.5) is 0 Å². The molecular weight excluding hydrogens is 697 g/mol. The van der Waals surface area contributed by atoms with Crippen molar-refractivity contribution >= 4 is 50.9 Å². The second kappa shape index (κ2) is 15.0. The lowest BCUT2D eigenvalue weighted by Crippen LogP contribution is -2.56. The van der Waals surface area contributed by atoms with Crippen LogP contribution in [0.3, 0.4) is 0 Å². The summed E-state index contributed by atoms with van der Waals surface area (Å²) < 4.78 is 26.9. The first-order valence-electron chi connectivity index (χ1n) is 16.9. The van der Waals surface area contributed by atoms with Crippen LogP contribution in [0.5, 0.6) is 0 Å². The van der Waals surface area contributed by atoms with Crippen molar-refractivity contribution in [2.75, 3.05) is 45.5 Å². The number of halogens is 2. The molecule has 13 heteroatoms. The van der Waals surface area contributed by atoms with Gasteiger partial charge in [-0.3, -0.25) is 19.3 Å². The smallest absolute Gasteiger partial charge is 0.254 e. The van der Waals surface area contributed by atoms with Crippen molar-refractivity contribution in [2.45, 2.75) is 57.3 Å². The highest BCUT2D eigenvalue weighted by Crippen LogP contribution is 2.34. The Hall–Kier alpha value is -3.48. The molecule has 2 bridgehead atoms. The van der Waals surface area contributed by atoms with E-state index >= 15 is 0 Å². The molecule has 1 N–H and O–H groups in total. The Balaban J connectivity index is 1.10. The van der Waals surface area contributed by atoms with Gasteiger partial charge in [0.05, 0.1) is 22.3 Å². The molecule has 0 saturated carbocycles. The highest BCUT2D eigenvalue weighted by molar-refractivity contribution is 7.88. The maximum atomic E-state index is 13.9. The molecule has 3 amide bonds. The number of rotatable bonds is 10. The number of fused-ring (bicyclic) bond motifs is 2. The molecule has 50 heavy (non-hydrogen) atoms. The Morgan fingerprint density at radius 2 is 1.58 bits per heavy atom. The standard InChI is InChI=1S/C37H43Cl2N5O5S/c1-24-15-25(2)17-28(16-24)36(46)42-13-14-43(34(23-42)27-9-10-31(38)32(39)19-27)35(45)11-12-41-21-30-20-29(41)22-44(30)37(47)33(40-50(3,48)49)18-26-7-5-4-6-8-26/h4-10,15-17,19,29-30,33-34,40H,11-14,18,20-23H2,1-3H3/t29-,30+,33?,34-/m0/s1. The fourth-order valence-corrected chi connectivity index (χ4v) is 8.72. The second-order valence-electron chi connectivity index (χ2n) is 13.8. The summed E-state index contributed by atoms with van der Waals surface area (Å²) >= 11 is 12.6. The molecule has 0 aliphatic carbocycles. The summed E-state index contributed by atoms with van der Waals surface area (Å²) in [5, 5.41) is 0.807. The first-order chi connectivity index (χ1) is 23.8. The first-order valence-corrected chi connectivity index (χ1v) is 19.6.